The Balaban J connectivity index is 2.11. The monoisotopic (exact) mass is 405 g/mol. The second-order valence-electron chi connectivity index (χ2n) is 4.90. The van der Waals surface area contributed by atoms with Gasteiger partial charge in [-0.15, -0.1) is 11.6 Å². The Labute approximate surface area is 144 Å². The van der Waals surface area contributed by atoms with E-state index in [1.54, 1.807) is 24.3 Å². The molecule has 0 radical (unpaired) electrons. The lowest BCUT2D eigenvalue weighted by Crippen LogP contribution is -2.26. The SMILES string of the molecule is CN(Cc1ccc(Br)o1)S(=O)(=O)c1ccc(CCCCl)cc1. The van der Waals surface area contributed by atoms with Crippen LogP contribution in [-0.2, 0) is 23.0 Å². The van der Waals surface area contributed by atoms with Crippen molar-refractivity contribution >= 4 is 37.6 Å². The Bertz CT molecular complexity index is 713. The van der Waals surface area contributed by atoms with Crippen molar-refractivity contribution in [3.8, 4) is 0 Å². The molecule has 22 heavy (non-hydrogen) atoms. The summed E-state index contributed by atoms with van der Waals surface area (Å²) in [5.74, 6) is 1.18. The predicted molar refractivity (Wildman–Crippen MR) is 90.5 cm³/mol. The molecule has 0 amide bonds. The summed E-state index contributed by atoms with van der Waals surface area (Å²) in [4.78, 5) is 0.273. The number of halogens is 2. The molecule has 1 aromatic carbocycles. The number of alkyl halides is 1. The number of benzene rings is 1. The lowest BCUT2D eigenvalue weighted by Gasteiger charge is -2.16. The van der Waals surface area contributed by atoms with Crippen molar-refractivity contribution in [3.63, 3.8) is 0 Å². The van der Waals surface area contributed by atoms with Crippen LogP contribution < -0.4 is 0 Å². The van der Waals surface area contributed by atoms with E-state index in [-0.39, 0.29) is 11.4 Å². The van der Waals surface area contributed by atoms with Crippen molar-refractivity contribution in [3.05, 3.63) is 52.4 Å². The van der Waals surface area contributed by atoms with Gasteiger partial charge in [-0.05, 0) is 58.6 Å². The number of rotatable bonds is 7. The molecule has 0 aliphatic rings. The fourth-order valence-electron chi connectivity index (χ4n) is 2.02. The second kappa shape index (κ2) is 7.64. The van der Waals surface area contributed by atoms with Crippen LogP contribution in [0, 0.1) is 0 Å². The molecule has 0 aliphatic heterocycles. The van der Waals surface area contributed by atoms with Crippen LogP contribution >= 0.6 is 27.5 Å². The second-order valence-corrected chi connectivity index (χ2v) is 8.11. The van der Waals surface area contributed by atoms with Crippen LogP contribution in [0.5, 0.6) is 0 Å². The lowest BCUT2D eigenvalue weighted by molar-refractivity contribution is 0.398. The molecular weight excluding hydrogens is 390 g/mol. The molecule has 0 N–H and O–H groups in total. The molecule has 0 saturated heterocycles. The van der Waals surface area contributed by atoms with Crippen molar-refractivity contribution in [2.24, 2.45) is 0 Å². The maximum Gasteiger partial charge on any atom is 0.243 e. The van der Waals surface area contributed by atoms with Gasteiger partial charge in [0.25, 0.3) is 0 Å². The van der Waals surface area contributed by atoms with Gasteiger partial charge in [-0.1, -0.05) is 12.1 Å². The Hall–Kier alpha value is -0.820. The summed E-state index contributed by atoms with van der Waals surface area (Å²) in [7, 11) is -2.00. The summed E-state index contributed by atoms with van der Waals surface area (Å²) >= 11 is 8.86. The highest BCUT2D eigenvalue weighted by Crippen LogP contribution is 2.20. The fraction of sp³-hybridized carbons (Fsp3) is 0.333. The standard InChI is InChI=1S/C15H17BrClNO3S/c1-18(11-13-6-9-15(16)21-13)22(19,20)14-7-4-12(5-8-14)3-2-10-17/h4-9H,2-3,10-11H2,1H3. The molecule has 0 aliphatic carbocycles. The van der Waals surface area contributed by atoms with Crippen LogP contribution in [0.15, 0.2) is 50.4 Å². The molecule has 1 heterocycles. The molecule has 2 rings (SSSR count). The molecule has 4 nitrogen and oxygen atoms in total. The molecule has 0 saturated carbocycles. The van der Waals surface area contributed by atoms with Gasteiger partial charge in [-0.2, -0.15) is 4.31 Å². The lowest BCUT2D eigenvalue weighted by atomic mass is 10.1. The van der Waals surface area contributed by atoms with E-state index in [9.17, 15) is 8.42 Å². The molecule has 0 atom stereocenters. The number of hydrogen-bond donors (Lipinski definition) is 0. The van der Waals surface area contributed by atoms with E-state index in [0.717, 1.165) is 18.4 Å². The third-order valence-corrected chi connectivity index (χ3v) is 5.75. The Kier molecular flexibility index (Phi) is 6.09. The molecule has 2 aromatic rings. The quantitative estimate of drug-likeness (QED) is 0.652. The van der Waals surface area contributed by atoms with Gasteiger partial charge in [-0.25, -0.2) is 8.42 Å². The zero-order valence-electron chi connectivity index (χ0n) is 12.1. The van der Waals surface area contributed by atoms with E-state index in [1.807, 2.05) is 12.1 Å². The third kappa shape index (κ3) is 4.35. The first-order valence-corrected chi connectivity index (χ1v) is 9.55. The summed E-state index contributed by atoms with van der Waals surface area (Å²) in [6, 6.07) is 10.4. The number of nitrogens with zero attached hydrogens (tertiary/aromatic N) is 1. The van der Waals surface area contributed by atoms with Crippen molar-refractivity contribution in [2.75, 3.05) is 12.9 Å². The van der Waals surface area contributed by atoms with Crippen LogP contribution in [0.4, 0.5) is 0 Å². The number of aryl methyl sites for hydroxylation is 1. The van der Waals surface area contributed by atoms with Crippen LogP contribution in [0.3, 0.4) is 0 Å². The minimum Gasteiger partial charge on any atom is -0.453 e. The molecule has 0 fully saturated rings. The van der Waals surface area contributed by atoms with Gasteiger partial charge in [0.05, 0.1) is 11.4 Å². The molecule has 0 bridgehead atoms. The van der Waals surface area contributed by atoms with Crippen LogP contribution in [0.1, 0.15) is 17.7 Å². The van der Waals surface area contributed by atoms with Crippen molar-refractivity contribution in [2.45, 2.75) is 24.3 Å². The average molecular weight is 407 g/mol. The largest absolute Gasteiger partial charge is 0.453 e. The summed E-state index contributed by atoms with van der Waals surface area (Å²) in [5.41, 5.74) is 1.08. The van der Waals surface area contributed by atoms with Crippen LogP contribution in [0.2, 0.25) is 0 Å². The van der Waals surface area contributed by atoms with Crippen molar-refractivity contribution in [1.29, 1.82) is 0 Å². The topological polar surface area (TPSA) is 50.5 Å². The van der Waals surface area contributed by atoms with E-state index < -0.39 is 10.0 Å². The normalized spacial score (nSPS) is 12.0. The van der Waals surface area contributed by atoms with Gasteiger partial charge in [0.15, 0.2) is 4.67 Å². The maximum atomic E-state index is 12.5. The van der Waals surface area contributed by atoms with E-state index in [4.69, 9.17) is 16.0 Å². The first-order chi connectivity index (χ1) is 10.4. The smallest absolute Gasteiger partial charge is 0.243 e. The minimum absolute atomic E-state index is 0.182. The maximum absolute atomic E-state index is 12.5. The molecule has 1 aromatic heterocycles. The summed E-state index contributed by atoms with van der Waals surface area (Å²) < 4.78 is 32.2. The van der Waals surface area contributed by atoms with Gasteiger partial charge in [0.1, 0.15) is 5.76 Å². The van der Waals surface area contributed by atoms with E-state index >= 15 is 0 Å². The van der Waals surface area contributed by atoms with Crippen LogP contribution in [-0.4, -0.2) is 25.7 Å². The average Bonchev–Trinajstić information content (AvgIpc) is 2.90. The first-order valence-electron chi connectivity index (χ1n) is 6.79. The zero-order chi connectivity index (χ0) is 16.2. The molecule has 7 heteroatoms. The Morgan fingerprint density at radius 1 is 1.18 bits per heavy atom. The number of hydrogen-bond acceptors (Lipinski definition) is 3. The highest BCUT2D eigenvalue weighted by atomic mass is 79.9. The molecule has 0 unspecified atom stereocenters. The zero-order valence-corrected chi connectivity index (χ0v) is 15.3. The molecule has 0 spiro atoms. The molecule has 120 valence electrons. The highest BCUT2D eigenvalue weighted by Gasteiger charge is 2.21. The summed E-state index contributed by atoms with van der Waals surface area (Å²) in [6.45, 7) is 0.182. The predicted octanol–water partition coefficient (Wildman–Crippen LogP) is 4.03. The van der Waals surface area contributed by atoms with Gasteiger partial charge in [-0.3, -0.25) is 0 Å². The Morgan fingerprint density at radius 2 is 1.86 bits per heavy atom. The van der Waals surface area contributed by atoms with Crippen LogP contribution in [0.25, 0.3) is 0 Å². The molecular formula is C15H17BrClNO3S. The van der Waals surface area contributed by atoms with E-state index in [1.165, 1.54) is 11.4 Å². The minimum atomic E-state index is -3.53. The van der Waals surface area contributed by atoms with Gasteiger partial charge >= 0.3 is 0 Å². The van der Waals surface area contributed by atoms with Gasteiger partial charge in [0.2, 0.25) is 10.0 Å². The highest BCUT2D eigenvalue weighted by molar-refractivity contribution is 9.10. The van der Waals surface area contributed by atoms with Gasteiger partial charge in [0, 0.05) is 12.9 Å². The third-order valence-electron chi connectivity index (χ3n) is 3.24. The van der Waals surface area contributed by atoms with E-state index in [2.05, 4.69) is 15.9 Å². The van der Waals surface area contributed by atoms with Crippen molar-refractivity contribution in [1.82, 2.24) is 4.31 Å². The summed E-state index contributed by atoms with van der Waals surface area (Å²) in [5, 5.41) is 0. The van der Waals surface area contributed by atoms with Gasteiger partial charge < -0.3 is 4.42 Å². The van der Waals surface area contributed by atoms with Crippen molar-refractivity contribution < 1.29 is 12.8 Å². The first kappa shape index (κ1) is 17.5. The fourth-order valence-corrected chi connectivity index (χ4v) is 3.63. The number of furan rings is 1. The van der Waals surface area contributed by atoms with E-state index in [0.29, 0.717) is 16.3 Å². The summed E-state index contributed by atoms with van der Waals surface area (Å²) in [6.07, 6.45) is 1.72. The number of sulfonamides is 1. The Morgan fingerprint density at radius 3 is 2.41 bits per heavy atom.